The monoisotopic (exact) mass is 304 g/mol. The van der Waals surface area contributed by atoms with Crippen molar-refractivity contribution >= 4 is 27.3 Å². The molecule has 0 aliphatic carbocycles. The first-order chi connectivity index (χ1) is 8.56. The molecule has 0 radical (unpaired) electrons. The van der Waals surface area contributed by atoms with E-state index in [9.17, 15) is 0 Å². The quantitative estimate of drug-likeness (QED) is 0.869. The molecule has 0 amide bonds. The summed E-state index contributed by atoms with van der Waals surface area (Å²) in [5.41, 5.74) is 10.4. The Bertz CT molecular complexity index is 535. The highest BCUT2D eigenvalue weighted by atomic mass is 79.9. The molecular formula is C15H17BrN2. The smallest absolute Gasteiger partial charge is 0.0600 e. The molecule has 0 fully saturated rings. The first-order valence-electron chi connectivity index (χ1n) is 5.88. The highest BCUT2D eigenvalue weighted by molar-refractivity contribution is 9.10. The molecule has 18 heavy (non-hydrogen) atoms. The van der Waals surface area contributed by atoms with E-state index in [1.807, 2.05) is 6.07 Å². The predicted octanol–water partition coefficient (Wildman–Crippen LogP) is 3.98. The Balaban J connectivity index is 2.16. The van der Waals surface area contributed by atoms with Gasteiger partial charge in [0.2, 0.25) is 0 Å². The van der Waals surface area contributed by atoms with Crippen molar-refractivity contribution < 1.29 is 0 Å². The molecule has 0 heterocycles. The summed E-state index contributed by atoms with van der Waals surface area (Å²) in [6.07, 6.45) is 0. The van der Waals surface area contributed by atoms with Gasteiger partial charge in [0.1, 0.15) is 0 Å². The predicted molar refractivity (Wildman–Crippen MR) is 81.8 cm³/mol. The molecule has 2 aromatic rings. The van der Waals surface area contributed by atoms with Crippen LogP contribution < -0.4 is 10.6 Å². The van der Waals surface area contributed by atoms with Gasteiger partial charge in [-0.1, -0.05) is 34.1 Å². The van der Waals surface area contributed by atoms with Gasteiger partial charge in [-0.2, -0.15) is 0 Å². The zero-order valence-corrected chi connectivity index (χ0v) is 12.2. The van der Waals surface area contributed by atoms with Crippen molar-refractivity contribution in [2.75, 3.05) is 17.7 Å². The van der Waals surface area contributed by atoms with Crippen molar-refractivity contribution in [2.45, 2.75) is 13.5 Å². The van der Waals surface area contributed by atoms with E-state index in [1.165, 1.54) is 11.1 Å². The maximum Gasteiger partial charge on any atom is 0.0600 e. The van der Waals surface area contributed by atoms with Crippen LogP contribution >= 0.6 is 15.9 Å². The van der Waals surface area contributed by atoms with Crippen LogP contribution in [0, 0.1) is 6.92 Å². The van der Waals surface area contributed by atoms with Crippen LogP contribution in [-0.2, 0) is 6.54 Å². The molecule has 3 heteroatoms. The molecule has 0 aliphatic rings. The topological polar surface area (TPSA) is 29.3 Å². The fourth-order valence-corrected chi connectivity index (χ4v) is 2.23. The minimum absolute atomic E-state index is 0.828. The molecule has 0 aromatic heterocycles. The van der Waals surface area contributed by atoms with Crippen molar-refractivity contribution in [3.8, 4) is 0 Å². The molecule has 94 valence electrons. The van der Waals surface area contributed by atoms with Crippen LogP contribution in [-0.4, -0.2) is 7.05 Å². The van der Waals surface area contributed by atoms with E-state index < -0.39 is 0 Å². The van der Waals surface area contributed by atoms with Gasteiger partial charge in [0.05, 0.1) is 11.4 Å². The van der Waals surface area contributed by atoms with Crippen LogP contribution in [0.5, 0.6) is 0 Å². The van der Waals surface area contributed by atoms with Gasteiger partial charge in [-0.15, -0.1) is 0 Å². The molecule has 2 aromatic carbocycles. The van der Waals surface area contributed by atoms with E-state index in [-0.39, 0.29) is 0 Å². The minimum Gasteiger partial charge on any atom is -0.397 e. The van der Waals surface area contributed by atoms with Crippen molar-refractivity contribution in [3.05, 3.63) is 58.1 Å². The van der Waals surface area contributed by atoms with Crippen LogP contribution in [0.25, 0.3) is 0 Å². The van der Waals surface area contributed by atoms with Gasteiger partial charge in [-0.25, -0.2) is 0 Å². The van der Waals surface area contributed by atoms with E-state index in [0.717, 1.165) is 22.4 Å². The highest BCUT2D eigenvalue weighted by Gasteiger charge is 2.06. The van der Waals surface area contributed by atoms with Gasteiger partial charge in [0.25, 0.3) is 0 Å². The lowest BCUT2D eigenvalue weighted by molar-refractivity contribution is 0.924. The second kappa shape index (κ2) is 5.44. The molecule has 0 atom stereocenters. The van der Waals surface area contributed by atoms with Crippen LogP contribution in [0.15, 0.2) is 46.9 Å². The van der Waals surface area contributed by atoms with E-state index in [1.54, 1.807) is 0 Å². The summed E-state index contributed by atoms with van der Waals surface area (Å²) in [7, 11) is 2.06. The summed E-state index contributed by atoms with van der Waals surface area (Å²) in [5, 5.41) is 0. The van der Waals surface area contributed by atoms with Crippen LogP contribution in [0.4, 0.5) is 11.4 Å². The molecule has 0 aliphatic heterocycles. The van der Waals surface area contributed by atoms with Gasteiger partial charge in [-0.3, -0.25) is 0 Å². The minimum atomic E-state index is 0.828. The largest absolute Gasteiger partial charge is 0.397 e. The maximum atomic E-state index is 6.05. The molecule has 2 rings (SSSR count). The number of hydrogen-bond donors (Lipinski definition) is 1. The third-order valence-corrected chi connectivity index (χ3v) is 3.46. The standard InChI is InChI=1S/C15H17BrN2/c1-11-3-8-15(14(17)9-11)18(2)10-12-4-6-13(16)7-5-12/h3-9H,10,17H2,1-2H3. The highest BCUT2D eigenvalue weighted by Crippen LogP contribution is 2.24. The number of halogens is 1. The Kier molecular flexibility index (Phi) is 3.92. The van der Waals surface area contributed by atoms with Crippen molar-refractivity contribution in [1.29, 1.82) is 0 Å². The number of anilines is 2. The van der Waals surface area contributed by atoms with E-state index in [4.69, 9.17) is 5.73 Å². The van der Waals surface area contributed by atoms with Crippen molar-refractivity contribution in [3.63, 3.8) is 0 Å². The Morgan fingerprint density at radius 1 is 1.11 bits per heavy atom. The average Bonchev–Trinajstić information content (AvgIpc) is 2.32. The van der Waals surface area contributed by atoms with Crippen LogP contribution in [0.3, 0.4) is 0 Å². The Labute approximate surface area is 117 Å². The number of nitrogen functional groups attached to an aromatic ring is 1. The van der Waals surface area contributed by atoms with E-state index in [2.05, 4.69) is 71.2 Å². The fourth-order valence-electron chi connectivity index (χ4n) is 1.97. The molecule has 2 nitrogen and oxygen atoms in total. The number of benzene rings is 2. The zero-order chi connectivity index (χ0) is 13.1. The molecule has 0 spiro atoms. The van der Waals surface area contributed by atoms with Gasteiger partial charge >= 0.3 is 0 Å². The third kappa shape index (κ3) is 3.05. The van der Waals surface area contributed by atoms with E-state index in [0.29, 0.717) is 0 Å². The molecule has 0 saturated carbocycles. The Morgan fingerprint density at radius 2 is 1.78 bits per heavy atom. The number of hydrogen-bond acceptors (Lipinski definition) is 2. The summed E-state index contributed by atoms with van der Waals surface area (Å²) in [6.45, 7) is 2.90. The summed E-state index contributed by atoms with van der Waals surface area (Å²) in [6, 6.07) is 14.5. The first kappa shape index (κ1) is 13.0. The number of aryl methyl sites for hydroxylation is 1. The lowest BCUT2D eigenvalue weighted by Crippen LogP contribution is -2.17. The van der Waals surface area contributed by atoms with Crippen molar-refractivity contribution in [2.24, 2.45) is 0 Å². The second-order valence-corrected chi connectivity index (χ2v) is 5.46. The van der Waals surface area contributed by atoms with Gasteiger partial charge in [0.15, 0.2) is 0 Å². The summed E-state index contributed by atoms with van der Waals surface area (Å²) in [5.74, 6) is 0. The number of rotatable bonds is 3. The molecular weight excluding hydrogens is 288 g/mol. The van der Waals surface area contributed by atoms with Crippen molar-refractivity contribution in [1.82, 2.24) is 0 Å². The second-order valence-electron chi connectivity index (χ2n) is 4.54. The molecule has 2 N–H and O–H groups in total. The third-order valence-electron chi connectivity index (χ3n) is 2.93. The summed E-state index contributed by atoms with van der Waals surface area (Å²) >= 11 is 3.44. The normalized spacial score (nSPS) is 10.4. The van der Waals surface area contributed by atoms with Crippen LogP contribution in [0.1, 0.15) is 11.1 Å². The zero-order valence-electron chi connectivity index (χ0n) is 10.7. The van der Waals surface area contributed by atoms with Gasteiger partial charge in [-0.05, 0) is 42.3 Å². The number of nitrogens with two attached hydrogens (primary N) is 1. The van der Waals surface area contributed by atoms with E-state index >= 15 is 0 Å². The Morgan fingerprint density at radius 3 is 2.39 bits per heavy atom. The molecule has 0 saturated heterocycles. The molecule has 0 bridgehead atoms. The number of nitrogens with zero attached hydrogens (tertiary/aromatic N) is 1. The first-order valence-corrected chi connectivity index (χ1v) is 6.67. The lowest BCUT2D eigenvalue weighted by Gasteiger charge is -2.21. The summed E-state index contributed by atoms with van der Waals surface area (Å²) in [4.78, 5) is 2.16. The SMILES string of the molecule is Cc1ccc(N(C)Cc2ccc(Br)cc2)c(N)c1. The fraction of sp³-hybridized carbons (Fsp3) is 0.200. The Hall–Kier alpha value is -1.48. The van der Waals surface area contributed by atoms with Gasteiger partial charge in [0, 0.05) is 18.1 Å². The summed E-state index contributed by atoms with van der Waals surface area (Å²) < 4.78 is 1.10. The average molecular weight is 305 g/mol. The van der Waals surface area contributed by atoms with Crippen LogP contribution in [0.2, 0.25) is 0 Å². The lowest BCUT2D eigenvalue weighted by atomic mass is 10.1. The molecule has 0 unspecified atom stereocenters. The van der Waals surface area contributed by atoms with Gasteiger partial charge < -0.3 is 10.6 Å². The maximum absolute atomic E-state index is 6.05.